The SMILES string of the molecule is CC(O)CNC(=O)c1ccc2[nH]c(=S)oc2c1. The van der Waals surface area contributed by atoms with Gasteiger partial charge in [-0.1, -0.05) is 0 Å². The van der Waals surface area contributed by atoms with Crippen LogP contribution in [-0.2, 0) is 0 Å². The Bertz CT molecular complexity index is 600. The van der Waals surface area contributed by atoms with Gasteiger partial charge < -0.3 is 19.8 Å². The summed E-state index contributed by atoms with van der Waals surface area (Å²) in [5, 5.41) is 11.7. The number of hydrogen-bond acceptors (Lipinski definition) is 4. The average Bonchev–Trinajstić information content (AvgIpc) is 2.64. The Morgan fingerprint density at radius 2 is 2.41 bits per heavy atom. The molecule has 2 aromatic rings. The summed E-state index contributed by atoms with van der Waals surface area (Å²) in [6.45, 7) is 1.82. The Morgan fingerprint density at radius 1 is 1.65 bits per heavy atom. The van der Waals surface area contributed by atoms with Crippen LogP contribution in [0.15, 0.2) is 22.6 Å². The zero-order valence-corrected chi connectivity index (χ0v) is 10.0. The lowest BCUT2D eigenvalue weighted by atomic mass is 10.2. The second-order valence-corrected chi connectivity index (χ2v) is 4.16. The molecule has 0 aliphatic heterocycles. The smallest absolute Gasteiger partial charge is 0.266 e. The second-order valence-electron chi connectivity index (χ2n) is 3.78. The second kappa shape index (κ2) is 4.68. The highest BCUT2D eigenvalue weighted by atomic mass is 32.1. The molecular weight excluding hydrogens is 240 g/mol. The first-order valence-electron chi connectivity index (χ1n) is 5.15. The first kappa shape index (κ1) is 11.8. The van der Waals surface area contributed by atoms with Crippen LogP contribution in [-0.4, -0.2) is 28.6 Å². The first-order chi connectivity index (χ1) is 8.06. The fourth-order valence-corrected chi connectivity index (χ4v) is 1.63. The van der Waals surface area contributed by atoms with Crippen LogP contribution in [0, 0.1) is 4.84 Å². The highest BCUT2D eigenvalue weighted by molar-refractivity contribution is 7.71. The Balaban J connectivity index is 2.23. The molecule has 0 saturated heterocycles. The van der Waals surface area contributed by atoms with Crippen molar-refractivity contribution < 1.29 is 14.3 Å². The lowest BCUT2D eigenvalue weighted by molar-refractivity contribution is 0.0924. The number of carbonyl (C=O) groups is 1. The Hall–Kier alpha value is -1.66. The minimum absolute atomic E-state index is 0.216. The van der Waals surface area contributed by atoms with Gasteiger partial charge in [-0.25, -0.2) is 0 Å². The minimum Gasteiger partial charge on any atom is -0.429 e. The standard InChI is InChI=1S/C11H12N2O3S/c1-6(14)5-12-10(15)7-2-3-8-9(4-7)16-11(17)13-8/h2-4,6,14H,5H2,1H3,(H,12,15)(H,13,17). The van der Waals surface area contributed by atoms with E-state index in [4.69, 9.17) is 21.7 Å². The van der Waals surface area contributed by atoms with Crippen LogP contribution in [0.4, 0.5) is 0 Å². The number of oxazole rings is 1. The van der Waals surface area contributed by atoms with Crippen LogP contribution >= 0.6 is 12.2 Å². The maximum atomic E-state index is 11.7. The molecule has 0 saturated carbocycles. The summed E-state index contributed by atoms with van der Waals surface area (Å²) in [6, 6.07) is 5.01. The number of aliphatic hydroxyl groups excluding tert-OH is 1. The van der Waals surface area contributed by atoms with E-state index in [2.05, 4.69) is 10.3 Å². The van der Waals surface area contributed by atoms with Crippen molar-refractivity contribution in [1.82, 2.24) is 10.3 Å². The van der Waals surface area contributed by atoms with Gasteiger partial charge in [0.05, 0.1) is 11.6 Å². The van der Waals surface area contributed by atoms with Crippen molar-refractivity contribution in [2.24, 2.45) is 0 Å². The molecule has 5 nitrogen and oxygen atoms in total. The average molecular weight is 252 g/mol. The van der Waals surface area contributed by atoms with E-state index in [-0.39, 0.29) is 17.3 Å². The van der Waals surface area contributed by atoms with Crippen molar-refractivity contribution in [2.45, 2.75) is 13.0 Å². The molecule has 0 aliphatic rings. The number of aliphatic hydroxyl groups is 1. The summed E-state index contributed by atoms with van der Waals surface area (Å²) >= 11 is 4.85. The summed E-state index contributed by atoms with van der Waals surface area (Å²) < 4.78 is 5.21. The van der Waals surface area contributed by atoms with Crippen molar-refractivity contribution in [3.8, 4) is 0 Å². The van der Waals surface area contributed by atoms with E-state index < -0.39 is 6.10 Å². The van der Waals surface area contributed by atoms with Crippen molar-refractivity contribution >= 4 is 29.2 Å². The van der Waals surface area contributed by atoms with Gasteiger partial charge in [0.15, 0.2) is 5.58 Å². The number of aromatic amines is 1. The van der Waals surface area contributed by atoms with Gasteiger partial charge >= 0.3 is 0 Å². The number of aromatic nitrogens is 1. The molecule has 1 unspecified atom stereocenters. The Labute approximate surface area is 102 Å². The van der Waals surface area contributed by atoms with Crippen LogP contribution < -0.4 is 5.32 Å². The van der Waals surface area contributed by atoms with Crippen molar-refractivity contribution in [2.75, 3.05) is 6.54 Å². The minimum atomic E-state index is -0.570. The van der Waals surface area contributed by atoms with E-state index in [9.17, 15) is 4.79 Å². The van der Waals surface area contributed by atoms with Crippen molar-refractivity contribution in [3.05, 3.63) is 28.6 Å². The molecule has 3 N–H and O–H groups in total. The molecule has 0 aliphatic carbocycles. The fraction of sp³-hybridized carbons (Fsp3) is 0.273. The van der Waals surface area contributed by atoms with Crippen LogP contribution in [0.1, 0.15) is 17.3 Å². The van der Waals surface area contributed by atoms with Crippen LogP contribution in [0.2, 0.25) is 0 Å². The highest BCUT2D eigenvalue weighted by Crippen LogP contribution is 2.15. The molecule has 1 atom stereocenters. The van der Waals surface area contributed by atoms with Gasteiger partial charge in [-0.05, 0) is 37.3 Å². The molecule has 0 radical (unpaired) electrons. The molecule has 1 aromatic heterocycles. The first-order valence-corrected chi connectivity index (χ1v) is 5.56. The zero-order valence-electron chi connectivity index (χ0n) is 9.19. The van der Waals surface area contributed by atoms with E-state index in [1.54, 1.807) is 25.1 Å². The Kier molecular flexibility index (Phi) is 3.26. The third kappa shape index (κ3) is 2.72. The largest absolute Gasteiger partial charge is 0.429 e. The molecular formula is C11H12N2O3S. The molecule has 17 heavy (non-hydrogen) atoms. The molecule has 90 valence electrons. The van der Waals surface area contributed by atoms with Gasteiger partial charge in [0.25, 0.3) is 10.7 Å². The van der Waals surface area contributed by atoms with Gasteiger partial charge in [-0.2, -0.15) is 0 Å². The van der Waals surface area contributed by atoms with Crippen LogP contribution in [0.5, 0.6) is 0 Å². The number of fused-ring (bicyclic) bond motifs is 1. The lowest BCUT2D eigenvalue weighted by Gasteiger charge is -2.06. The maximum Gasteiger partial charge on any atom is 0.266 e. The van der Waals surface area contributed by atoms with E-state index in [0.29, 0.717) is 11.1 Å². The fourth-order valence-electron chi connectivity index (χ4n) is 1.43. The number of rotatable bonds is 3. The van der Waals surface area contributed by atoms with Crippen LogP contribution in [0.3, 0.4) is 0 Å². The molecule has 6 heteroatoms. The zero-order chi connectivity index (χ0) is 12.4. The van der Waals surface area contributed by atoms with E-state index >= 15 is 0 Å². The molecule has 0 bridgehead atoms. The maximum absolute atomic E-state index is 11.7. The molecule has 2 rings (SSSR count). The predicted molar refractivity (Wildman–Crippen MR) is 65.4 cm³/mol. The number of benzene rings is 1. The lowest BCUT2D eigenvalue weighted by Crippen LogP contribution is -2.30. The highest BCUT2D eigenvalue weighted by Gasteiger charge is 2.08. The summed E-state index contributed by atoms with van der Waals surface area (Å²) in [7, 11) is 0. The van der Waals surface area contributed by atoms with Gasteiger partial charge in [-0.3, -0.25) is 4.79 Å². The number of hydrogen-bond donors (Lipinski definition) is 3. The number of H-pyrrole nitrogens is 1. The van der Waals surface area contributed by atoms with Gasteiger partial charge in [-0.15, -0.1) is 0 Å². The number of amides is 1. The predicted octanol–water partition coefficient (Wildman–Crippen LogP) is 1.60. The van der Waals surface area contributed by atoms with Crippen molar-refractivity contribution in [1.29, 1.82) is 0 Å². The summed E-state index contributed by atoms with van der Waals surface area (Å²) in [5.74, 6) is -0.255. The topological polar surface area (TPSA) is 78.3 Å². The van der Waals surface area contributed by atoms with Gasteiger partial charge in [0, 0.05) is 12.1 Å². The number of nitrogens with one attached hydrogen (secondary N) is 2. The molecule has 1 aromatic carbocycles. The molecule has 1 amide bonds. The summed E-state index contributed by atoms with van der Waals surface area (Å²) in [4.78, 5) is 14.8. The molecule has 0 spiro atoms. The molecule has 0 fully saturated rings. The Morgan fingerprint density at radius 3 is 3.12 bits per heavy atom. The van der Waals surface area contributed by atoms with E-state index in [1.807, 2.05) is 0 Å². The monoisotopic (exact) mass is 252 g/mol. The van der Waals surface area contributed by atoms with Gasteiger partial charge in [0.2, 0.25) is 0 Å². The van der Waals surface area contributed by atoms with Crippen molar-refractivity contribution in [3.63, 3.8) is 0 Å². The quantitative estimate of drug-likeness (QED) is 0.725. The summed E-state index contributed by atoms with van der Waals surface area (Å²) in [6.07, 6.45) is -0.570. The van der Waals surface area contributed by atoms with Crippen LogP contribution in [0.25, 0.3) is 11.1 Å². The van der Waals surface area contributed by atoms with E-state index in [0.717, 1.165) is 5.52 Å². The normalized spacial score (nSPS) is 12.6. The molecule has 1 heterocycles. The summed E-state index contributed by atoms with van der Waals surface area (Å²) in [5.41, 5.74) is 1.76. The number of carbonyl (C=O) groups excluding carboxylic acids is 1. The third-order valence-corrected chi connectivity index (χ3v) is 2.43. The van der Waals surface area contributed by atoms with E-state index in [1.165, 1.54) is 0 Å². The third-order valence-electron chi connectivity index (χ3n) is 2.24. The van der Waals surface area contributed by atoms with Gasteiger partial charge in [0.1, 0.15) is 0 Å².